The van der Waals surface area contributed by atoms with Crippen LogP contribution in [0, 0.1) is 0 Å². The fourth-order valence-corrected chi connectivity index (χ4v) is 2.45. The van der Waals surface area contributed by atoms with Crippen LogP contribution in [0.5, 0.6) is 0 Å². The molecule has 1 aromatic carbocycles. The smallest absolute Gasteiger partial charge is 0.0147 e. The lowest BCUT2D eigenvalue weighted by Crippen LogP contribution is -1.92. The first-order valence-electron chi connectivity index (χ1n) is 5.02. The SMILES string of the molecule is NC/C=C/c1ccccc1SC1CC1. The van der Waals surface area contributed by atoms with Gasteiger partial charge < -0.3 is 5.73 Å². The zero-order chi connectivity index (χ0) is 9.80. The third kappa shape index (κ3) is 2.63. The maximum absolute atomic E-state index is 5.45. The molecule has 1 aliphatic rings. The van der Waals surface area contributed by atoms with E-state index >= 15 is 0 Å². The number of benzene rings is 1. The quantitative estimate of drug-likeness (QED) is 0.818. The Hall–Kier alpha value is -0.730. The third-order valence-corrected chi connectivity index (χ3v) is 3.60. The van der Waals surface area contributed by atoms with Gasteiger partial charge in [0.2, 0.25) is 0 Å². The highest BCUT2D eigenvalue weighted by atomic mass is 32.2. The molecule has 0 radical (unpaired) electrons. The second-order valence-electron chi connectivity index (χ2n) is 3.49. The van der Waals surface area contributed by atoms with Crippen LogP contribution in [0.2, 0.25) is 0 Å². The maximum atomic E-state index is 5.45. The van der Waals surface area contributed by atoms with Crippen molar-refractivity contribution >= 4 is 17.8 Å². The molecule has 1 fully saturated rings. The monoisotopic (exact) mass is 205 g/mol. The van der Waals surface area contributed by atoms with E-state index in [-0.39, 0.29) is 0 Å². The standard InChI is InChI=1S/C12H15NS/c13-9-3-5-10-4-1-2-6-12(10)14-11-7-8-11/h1-6,11H,7-9,13H2/b5-3+. The van der Waals surface area contributed by atoms with Gasteiger partial charge >= 0.3 is 0 Å². The van der Waals surface area contributed by atoms with E-state index in [1.807, 2.05) is 17.8 Å². The summed E-state index contributed by atoms with van der Waals surface area (Å²) in [6, 6.07) is 8.52. The first kappa shape index (κ1) is 9.81. The number of rotatable bonds is 4. The molecule has 2 N–H and O–H groups in total. The van der Waals surface area contributed by atoms with Gasteiger partial charge in [-0.1, -0.05) is 30.4 Å². The minimum absolute atomic E-state index is 0.614. The highest BCUT2D eigenvalue weighted by Crippen LogP contribution is 2.40. The normalized spacial score (nSPS) is 16.4. The van der Waals surface area contributed by atoms with E-state index in [9.17, 15) is 0 Å². The summed E-state index contributed by atoms with van der Waals surface area (Å²) in [7, 11) is 0. The van der Waals surface area contributed by atoms with Crippen molar-refractivity contribution in [2.24, 2.45) is 5.73 Å². The molecule has 2 heteroatoms. The van der Waals surface area contributed by atoms with Crippen LogP contribution in [-0.2, 0) is 0 Å². The molecule has 0 aromatic heterocycles. The molecule has 0 unspecified atom stereocenters. The summed E-state index contributed by atoms with van der Waals surface area (Å²) in [4.78, 5) is 1.39. The van der Waals surface area contributed by atoms with E-state index in [0.717, 1.165) is 5.25 Å². The second kappa shape index (κ2) is 4.67. The Kier molecular flexibility index (Phi) is 3.27. The molecule has 1 aliphatic carbocycles. The molecule has 1 aromatic rings. The molecule has 0 amide bonds. The van der Waals surface area contributed by atoms with Gasteiger partial charge in [0.1, 0.15) is 0 Å². The maximum Gasteiger partial charge on any atom is 0.0147 e. The Morgan fingerprint density at radius 1 is 1.36 bits per heavy atom. The lowest BCUT2D eigenvalue weighted by Gasteiger charge is -2.03. The Morgan fingerprint density at radius 2 is 2.14 bits per heavy atom. The molecule has 0 bridgehead atoms. The van der Waals surface area contributed by atoms with Crippen LogP contribution in [-0.4, -0.2) is 11.8 Å². The highest BCUT2D eigenvalue weighted by molar-refractivity contribution is 8.00. The Balaban J connectivity index is 2.14. The lowest BCUT2D eigenvalue weighted by atomic mass is 10.2. The van der Waals surface area contributed by atoms with E-state index in [4.69, 9.17) is 5.73 Å². The number of thioether (sulfide) groups is 1. The second-order valence-corrected chi connectivity index (χ2v) is 4.84. The summed E-state index contributed by atoms with van der Waals surface area (Å²) >= 11 is 1.99. The number of hydrogen-bond acceptors (Lipinski definition) is 2. The molecule has 0 spiro atoms. The molecular formula is C12H15NS. The molecule has 1 nitrogen and oxygen atoms in total. The van der Waals surface area contributed by atoms with Gasteiger partial charge in [0, 0.05) is 16.7 Å². The van der Waals surface area contributed by atoms with Crippen molar-refractivity contribution < 1.29 is 0 Å². The zero-order valence-corrected chi connectivity index (χ0v) is 8.96. The molecule has 2 rings (SSSR count). The van der Waals surface area contributed by atoms with Crippen LogP contribution in [0.3, 0.4) is 0 Å². The van der Waals surface area contributed by atoms with Crippen LogP contribution in [0.25, 0.3) is 6.08 Å². The van der Waals surface area contributed by atoms with Crippen LogP contribution >= 0.6 is 11.8 Å². The van der Waals surface area contributed by atoms with Crippen molar-refractivity contribution in [2.75, 3.05) is 6.54 Å². The number of hydrogen-bond donors (Lipinski definition) is 1. The van der Waals surface area contributed by atoms with Gasteiger partial charge in [-0.25, -0.2) is 0 Å². The summed E-state index contributed by atoms with van der Waals surface area (Å²) in [5.74, 6) is 0. The van der Waals surface area contributed by atoms with E-state index < -0.39 is 0 Å². The van der Waals surface area contributed by atoms with Gasteiger partial charge in [0.25, 0.3) is 0 Å². The Bertz CT molecular complexity index is 329. The molecule has 0 saturated heterocycles. The largest absolute Gasteiger partial charge is 0.327 e. The van der Waals surface area contributed by atoms with Crippen LogP contribution < -0.4 is 5.73 Å². The first-order chi connectivity index (χ1) is 6.90. The molecule has 1 saturated carbocycles. The van der Waals surface area contributed by atoms with Gasteiger partial charge in [0.15, 0.2) is 0 Å². The molecular weight excluding hydrogens is 190 g/mol. The minimum atomic E-state index is 0.614. The van der Waals surface area contributed by atoms with Crippen molar-refractivity contribution in [1.82, 2.24) is 0 Å². The highest BCUT2D eigenvalue weighted by Gasteiger charge is 2.22. The van der Waals surface area contributed by atoms with Gasteiger partial charge in [0.05, 0.1) is 0 Å². The van der Waals surface area contributed by atoms with Crippen molar-refractivity contribution in [3.63, 3.8) is 0 Å². The van der Waals surface area contributed by atoms with Crippen molar-refractivity contribution in [2.45, 2.75) is 23.0 Å². The van der Waals surface area contributed by atoms with Crippen LogP contribution in [0.1, 0.15) is 18.4 Å². The van der Waals surface area contributed by atoms with Crippen LogP contribution in [0.4, 0.5) is 0 Å². The zero-order valence-electron chi connectivity index (χ0n) is 8.15. The third-order valence-electron chi connectivity index (χ3n) is 2.17. The van der Waals surface area contributed by atoms with Crippen molar-refractivity contribution in [3.05, 3.63) is 35.9 Å². The molecule has 0 aliphatic heterocycles. The average molecular weight is 205 g/mol. The van der Waals surface area contributed by atoms with E-state index in [2.05, 4.69) is 30.3 Å². The molecule has 0 atom stereocenters. The van der Waals surface area contributed by atoms with E-state index in [1.165, 1.54) is 23.3 Å². The summed E-state index contributed by atoms with van der Waals surface area (Å²) in [6.45, 7) is 0.614. The fraction of sp³-hybridized carbons (Fsp3) is 0.333. The summed E-state index contributed by atoms with van der Waals surface area (Å²) in [5, 5.41) is 0.863. The lowest BCUT2D eigenvalue weighted by molar-refractivity contribution is 1.26. The predicted octanol–water partition coefficient (Wildman–Crippen LogP) is 2.91. The first-order valence-corrected chi connectivity index (χ1v) is 5.90. The average Bonchev–Trinajstić information content (AvgIpc) is 3.01. The Morgan fingerprint density at radius 3 is 2.86 bits per heavy atom. The Labute approximate surface area is 89.4 Å². The van der Waals surface area contributed by atoms with E-state index in [0.29, 0.717) is 6.54 Å². The van der Waals surface area contributed by atoms with Crippen molar-refractivity contribution in [3.8, 4) is 0 Å². The molecule has 74 valence electrons. The molecule has 0 heterocycles. The summed E-state index contributed by atoms with van der Waals surface area (Å²) in [5.41, 5.74) is 6.75. The fourth-order valence-electron chi connectivity index (χ4n) is 1.29. The van der Waals surface area contributed by atoms with Gasteiger partial charge in [-0.2, -0.15) is 0 Å². The van der Waals surface area contributed by atoms with Gasteiger partial charge in [-0.3, -0.25) is 0 Å². The topological polar surface area (TPSA) is 26.0 Å². The van der Waals surface area contributed by atoms with Crippen LogP contribution in [0.15, 0.2) is 35.2 Å². The van der Waals surface area contributed by atoms with Gasteiger partial charge in [-0.15, -0.1) is 11.8 Å². The van der Waals surface area contributed by atoms with E-state index in [1.54, 1.807) is 0 Å². The summed E-state index contributed by atoms with van der Waals surface area (Å²) in [6.07, 6.45) is 6.87. The minimum Gasteiger partial charge on any atom is -0.327 e. The molecule has 14 heavy (non-hydrogen) atoms. The number of nitrogens with two attached hydrogens (primary N) is 1. The van der Waals surface area contributed by atoms with Crippen molar-refractivity contribution in [1.29, 1.82) is 0 Å². The van der Waals surface area contributed by atoms with Gasteiger partial charge in [-0.05, 0) is 24.5 Å². The predicted molar refractivity (Wildman–Crippen MR) is 63.4 cm³/mol. The summed E-state index contributed by atoms with van der Waals surface area (Å²) < 4.78 is 0.